The summed E-state index contributed by atoms with van der Waals surface area (Å²) in [6, 6.07) is 5.67. The number of carbonyl (C=O) groups is 2. The van der Waals surface area contributed by atoms with Crippen molar-refractivity contribution < 1.29 is 19.1 Å². The second kappa shape index (κ2) is 5.98. The SMILES string of the molecule is CC(NC(=O)CCC(=O)O)c1ccccc1F. The van der Waals surface area contributed by atoms with E-state index < -0.39 is 23.7 Å². The lowest BCUT2D eigenvalue weighted by atomic mass is 10.1. The molecule has 1 amide bonds. The number of carboxylic acids is 1. The van der Waals surface area contributed by atoms with Crippen molar-refractivity contribution in [2.45, 2.75) is 25.8 Å². The zero-order valence-corrected chi connectivity index (χ0v) is 9.44. The molecule has 4 nitrogen and oxygen atoms in total. The first kappa shape index (κ1) is 13.2. The highest BCUT2D eigenvalue weighted by Crippen LogP contribution is 2.16. The van der Waals surface area contributed by atoms with Gasteiger partial charge >= 0.3 is 5.97 Å². The Morgan fingerprint density at radius 3 is 2.59 bits per heavy atom. The van der Waals surface area contributed by atoms with Gasteiger partial charge in [0.25, 0.3) is 0 Å². The smallest absolute Gasteiger partial charge is 0.303 e. The predicted octanol–water partition coefficient (Wildman–Crippen LogP) is 1.87. The number of carboxylic acid groups (broad SMARTS) is 1. The molecule has 0 aliphatic heterocycles. The van der Waals surface area contributed by atoms with Crippen molar-refractivity contribution in [3.63, 3.8) is 0 Å². The molecule has 1 rings (SSSR count). The molecule has 0 radical (unpaired) electrons. The zero-order chi connectivity index (χ0) is 12.8. The van der Waals surface area contributed by atoms with Crippen molar-refractivity contribution in [2.24, 2.45) is 0 Å². The summed E-state index contributed by atoms with van der Waals surface area (Å²) < 4.78 is 13.4. The monoisotopic (exact) mass is 239 g/mol. The second-order valence-electron chi connectivity index (χ2n) is 3.70. The van der Waals surface area contributed by atoms with Gasteiger partial charge < -0.3 is 10.4 Å². The minimum Gasteiger partial charge on any atom is -0.481 e. The van der Waals surface area contributed by atoms with E-state index in [4.69, 9.17) is 5.11 Å². The van der Waals surface area contributed by atoms with E-state index in [1.165, 1.54) is 6.07 Å². The Balaban J connectivity index is 2.55. The second-order valence-corrected chi connectivity index (χ2v) is 3.70. The lowest BCUT2D eigenvalue weighted by molar-refractivity contribution is -0.138. The molecule has 92 valence electrons. The number of amides is 1. The molecule has 1 unspecified atom stereocenters. The first-order valence-electron chi connectivity index (χ1n) is 5.26. The van der Waals surface area contributed by atoms with E-state index >= 15 is 0 Å². The van der Waals surface area contributed by atoms with Crippen molar-refractivity contribution >= 4 is 11.9 Å². The summed E-state index contributed by atoms with van der Waals surface area (Å²) in [5.41, 5.74) is 0.385. The maximum Gasteiger partial charge on any atom is 0.303 e. The number of hydrogen-bond acceptors (Lipinski definition) is 2. The molecule has 1 aromatic rings. The molecule has 0 saturated heterocycles. The molecule has 0 bridgehead atoms. The van der Waals surface area contributed by atoms with Crippen molar-refractivity contribution in [3.05, 3.63) is 35.6 Å². The summed E-state index contributed by atoms with van der Waals surface area (Å²) in [7, 11) is 0. The molecule has 1 atom stereocenters. The highest BCUT2D eigenvalue weighted by atomic mass is 19.1. The van der Waals surface area contributed by atoms with Gasteiger partial charge in [0.2, 0.25) is 5.91 Å². The van der Waals surface area contributed by atoms with E-state index in [9.17, 15) is 14.0 Å². The summed E-state index contributed by atoms with van der Waals surface area (Å²) >= 11 is 0. The molecule has 1 aromatic carbocycles. The average Bonchev–Trinajstić information content (AvgIpc) is 2.26. The van der Waals surface area contributed by atoms with Gasteiger partial charge in [-0.05, 0) is 13.0 Å². The molecule has 0 aromatic heterocycles. The summed E-state index contributed by atoms with van der Waals surface area (Å²) in [5, 5.41) is 11.0. The van der Waals surface area contributed by atoms with E-state index in [-0.39, 0.29) is 12.8 Å². The van der Waals surface area contributed by atoms with Crippen LogP contribution in [0.3, 0.4) is 0 Å². The van der Waals surface area contributed by atoms with Crippen LogP contribution in [0.2, 0.25) is 0 Å². The van der Waals surface area contributed by atoms with Crippen LogP contribution in [0.5, 0.6) is 0 Å². The molecular weight excluding hydrogens is 225 g/mol. The molecular formula is C12H14FNO3. The van der Waals surface area contributed by atoms with Crippen molar-refractivity contribution in [2.75, 3.05) is 0 Å². The fourth-order valence-corrected chi connectivity index (χ4v) is 1.44. The van der Waals surface area contributed by atoms with Crippen LogP contribution in [0, 0.1) is 5.82 Å². The van der Waals surface area contributed by atoms with Gasteiger partial charge in [-0.3, -0.25) is 9.59 Å². The fraction of sp³-hybridized carbons (Fsp3) is 0.333. The Hall–Kier alpha value is -1.91. The van der Waals surface area contributed by atoms with Crippen molar-refractivity contribution in [1.29, 1.82) is 0 Å². The van der Waals surface area contributed by atoms with Gasteiger partial charge in [0.05, 0.1) is 12.5 Å². The minimum absolute atomic E-state index is 0.103. The summed E-state index contributed by atoms with van der Waals surface area (Å²) in [5.74, 6) is -1.82. The third-order valence-electron chi connectivity index (χ3n) is 2.32. The quantitative estimate of drug-likeness (QED) is 0.824. The number of aliphatic carboxylic acids is 1. The summed E-state index contributed by atoms with van der Waals surface area (Å²) in [6.07, 6.45) is -0.329. The van der Waals surface area contributed by atoms with E-state index in [0.29, 0.717) is 5.56 Å². The summed E-state index contributed by atoms with van der Waals surface area (Å²) in [6.45, 7) is 1.65. The molecule has 0 fully saturated rings. The van der Waals surface area contributed by atoms with Gasteiger partial charge in [-0.1, -0.05) is 18.2 Å². The zero-order valence-electron chi connectivity index (χ0n) is 9.44. The number of benzene rings is 1. The maximum absolute atomic E-state index is 13.4. The molecule has 0 heterocycles. The van der Waals surface area contributed by atoms with Crippen LogP contribution in [0.1, 0.15) is 31.4 Å². The minimum atomic E-state index is -1.03. The van der Waals surface area contributed by atoms with Gasteiger partial charge in [-0.25, -0.2) is 4.39 Å². The largest absolute Gasteiger partial charge is 0.481 e. The highest BCUT2D eigenvalue weighted by Gasteiger charge is 2.13. The Morgan fingerprint density at radius 2 is 2.00 bits per heavy atom. The predicted molar refractivity (Wildman–Crippen MR) is 59.8 cm³/mol. The van der Waals surface area contributed by atoms with E-state index in [1.807, 2.05) is 0 Å². The van der Waals surface area contributed by atoms with Gasteiger partial charge in [0.1, 0.15) is 5.82 Å². The van der Waals surface area contributed by atoms with Gasteiger partial charge in [0, 0.05) is 12.0 Å². The molecule has 5 heteroatoms. The Labute approximate surface area is 98.5 Å². The Bertz CT molecular complexity index is 420. The third-order valence-corrected chi connectivity index (χ3v) is 2.32. The lowest BCUT2D eigenvalue weighted by Crippen LogP contribution is -2.27. The van der Waals surface area contributed by atoms with Crippen LogP contribution >= 0.6 is 0 Å². The lowest BCUT2D eigenvalue weighted by Gasteiger charge is -2.14. The van der Waals surface area contributed by atoms with Crippen LogP contribution in [-0.4, -0.2) is 17.0 Å². The van der Waals surface area contributed by atoms with Gasteiger partial charge in [-0.15, -0.1) is 0 Å². The molecule has 0 aliphatic carbocycles. The summed E-state index contributed by atoms with van der Waals surface area (Å²) in [4.78, 5) is 21.6. The number of nitrogens with one attached hydrogen (secondary N) is 1. The number of carbonyl (C=O) groups excluding carboxylic acids is 1. The Morgan fingerprint density at radius 1 is 1.35 bits per heavy atom. The third kappa shape index (κ3) is 4.22. The van der Waals surface area contributed by atoms with Gasteiger partial charge in [-0.2, -0.15) is 0 Å². The van der Waals surface area contributed by atoms with Crippen LogP contribution < -0.4 is 5.32 Å². The van der Waals surface area contributed by atoms with E-state index in [2.05, 4.69) is 5.32 Å². The molecule has 0 spiro atoms. The van der Waals surface area contributed by atoms with Crippen molar-refractivity contribution in [3.8, 4) is 0 Å². The van der Waals surface area contributed by atoms with Crippen LogP contribution in [0.4, 0.5) is 4.39 Å². The molecule has 17 heavy (non-hydrogen) atoms. The fourth-order valence-electron chi connectivity index (χ4n) is 1.44. The van der Waals surface area contributed by atoms with E-state index in [1.54, 1.807) is 25.1 Å². The maximum atomic E-state index is 13.4. The molecule has 0 aliphatic rings. The first-order valence-corrected chi connectivity index (χ1v) is 5.26. The number of hydrogen-bond donors (Lipinski definition) is 2. The standard InChI is InChI=1S/C12H14FNO3/c1-8(9-4-2-3-5-10(9)13)14-11(15)6-7-12(16)17/h2-5,8H,6-7H2,1H3,(H,14,15)(H,16,17). The average molecular weight is 239 g/mol. The Kier molecular flexibility index (Phi) is 4.63. The van der Waals surface area contributed by atoms with Crippen LogP contribution in [-0.2, 0) is 9.59 Å². The molecule has 2 N–H and O–H groups in total. The van der Waals surface area contributed by atoms with Crippen LogP contribution in [0.15, 0.2) is 24.3 Å². The van der Waals surface area contributed by atoms with Gasteiger partial charge in [0.15, 0.2) is 0 Å². The van der Waals surface area contributed by atoms with E-state index in [0.717, 1.165) is 0 Å². The van der Waals surface area contributed by atoms with Crippen molar-refractivity contribution in [1.82, 2.24) is 5.32 Å². The normalized spacial score (nSPS) is 11.9. The number of halogens is 1. The number of rotatable bonds is 5. The highest BCUT2D eigenvalue weighted by molar-refractivity contribution is 5.80. The topological polar surface area (TPSA) is 66.4 Å². The molecule has 0 saturated carbocycles. The first-order chi connectivity index (χ1) is 8.00. The van der Waals surface area contributed by atoms with Crippen LogP contribution in [0.25, 0.3) is 0 Å².